The van der Waals surface area contributed by atoms with Crippen LogP contribution in [0.3, 0.4) is 0 Å². The first-order chi connectivity index (χ1) is 6.42. The van der Waals surface area contributed by atoms with Gasteiger partial charge in [0.25, 0.3) is 0 Å². The maximum absolute atomic E-state index is 9.49. The molecule has 0 aromatic carbocycles. The molecule has 1 atom stereocenters. The number of pyridine rings is 1. The SMILES string of the molecule is CC(O)C(C)(C)Nc1cccc(Cl)n1. The molecule has 14 heavy (non-hydrogen) atoms. The Hall–Kier alpha value is -0.800. The summed E-state index contributed by atoms with van der Waals surface area (Å²) in [5.74, 6) is 0.670. The third-order valence-electron chi connectivity index (χ3n) is 2.21. The molecule has 0 bridgehead atoms. The largest absolute Gasteiger partial charge is 0.391 e. The van der Waals surface area contributed by atoms with E-state index in [4.69, 9.17) is 11.6 Å². The fraction of sp³-hybridized carbons (Fsp3) is 0.500. The molecule has 0 aliphatic heterocycles. The minimum absolute atomic E-state index is 0.419. The van der Waals surface area contributed by atoms with Crippen LogP contribution in [0, 0.1) is 0 Å². The quantitative estimate of drug-likeness (QED) is 0.759. The van der Waals surface area contributed by atoms with Crippen LogP contribution in [0.15, 0.2) is 18.2 Å². The number of aliphatic hydroxyl groups is 1. The van der Waals surface area contributed by atoms with E-state index >= 15 is 0 Å². The van der Waals surface area contributed by atoms with Crippen LogP contribution in [0.5, 0.6) is 0 Å². The van der Waals surface area contributed by atoms with Crippen molar-refractivity contribution in [3.63, 3.8) is 0 Å². The second kappa shape index (κ2) is 4.15. The van der Waals surface area contributed by atoms with Gasteiger partial charge in [-0.15, -0.1) is 0 Å². The van der Waals surface area contributed by atoms with E-state index in [-0.39, 0.29) is 0 Å². The lowest BCUT2D eigenvalue weighted by atomic mass is 9.99. The number of halogens is 1. The number of rotatable bonds is 3. The molecule has 4 heteroatoms. The number of hydrogen-bond acceptors (Lipinski definition) is 3. The van der Waals surface area contributed by atoms with Crippen LogP contribution in [-0.4, -0.2) is 21.7 Å². The maximum atomic E-state index is 9.49. The molecule has 1 unspecified atom stereocenters. The highest BCUT2D eigenvalue weighted by Crippen LogP contribution is 2.17. The molecule has 0 aliphatic rings. The van der Waals surface area contributed by atoms with Crippen molar-refractivity contribution in [2.45, 2.75) is 32.4 Å². The van der Waals surface area contributed by atoms with Crippen molar-refractivity contribution >= 4 is 17.4 Å². The van der Waals surface area contributed by atoms with Crippen molar-refractivity contribution in [2.75, 3.05) is 5.32 Å². The van der Waals surface area contributed by atoms with Gasteiger partial charge >= 0.3 is 0 Å². The minimum atomic E-state index is -0.469. The van der Waals surface area contributed by atoms with Gasteiger partial charge in [0.1, 0.15) is 11.0 Å². The summed E-state index contributed by atoms with van der Waals surface area (Å²) >= 11 is 5.74. The van der Waals surface area contributed by atoms with Crippen LogP contribution in [0.2, 0.25) is 5.15 Å². The predicted molar refractivity (Wildman–Crippen MR) is 58.6 cm³/mol. The highest BCUT2D eigenvalue weighted by atomic mass is 35.5. The van der Waals surface area contributed by atoms with Crippen LogP contribution < -0.4 is 5.32 Å². The van der Waals surface area contributed by atoms with E-state index in [0.717, 1.165) is 0 Å². The van der Waals surface area contributed by atoms with E-state index in [0.29, 0.717) is 11.0 Å². The van der Waals surface area contributed by atoms with Crippen molar-refractivity contribution in [1.82, 2.24) is 4.98 Å². The average molecular weight is 215 g/mol. The Morgan fingerprint density at radius 1 is 1.50 bits per heavy atom. The van der Waals surface area contributed by atoms with Gasteiger partial charge in [-0.2, -0.15) is 0 Å². The number of aliphatic hydroxyl groups excluding tert-OH is 1. The first-order valence-corrected chi connectivity index (χ1v) is 4.88. The van der Waals surface area contributed by atoms with Gasteiger partial charge in [-0.1, -0.05) is 17.7 Å². The zero-order chi connectivity index (χ0) is 10.8. The Kier molecular flexibility index (Phi) is 3.34. The lowest BCUT2D eigenvalue weighted by Gasteiger charge is -2.29. The highest BCUT2D eigenvalue weighted by Gasteiger charge is 2.23. The predicted octanol–water partition coefficient (Wildman–Crippen LogP) is 2.31. The standard InChI is InChI=1S/C10H15ClN2O/c1-7(14)10(2,3)13-9-6-4-5-8(11)12-9/h4-7,14H,1-3H3,(H,12,13). The number of hydrogen-bond donors (Lipinski definition) is 2. The van der Waals surface area contributed by atoms with E-state index < -0.39 is 11.6 Å². The van der Waals surface area contributed by atoms with E-state index in [1.807, 2.05) is 26.0 Å². The molecule has 0 fully saturated rings. The van der Waals surface area contributed by atoms with Gasteiger partial charge in [0.05, 0.1) is 11.6 Å². The van der Waals surface area contributed by atoms with E-state index in [9.17, 15) is 5.11 Å². The third-order valence-corrected chi connectivity index (χ3v) is 2.42. The molecule has 0 aliphatic carbocycles. The Morgan fingerprint density at radius 2 is 2.14 bits per heavy atom. The Bertz CT molecular complexity index is 313. The lowest BCUT2D eigenvalue weighted by molar-refractivity contribution is 0.133. The summed E-state index contributed by atoms with van der Waals surface area (Å²) in [5.41, 5.74) is -0.419. The lowest BCUT2D eigenvalue weighted by Crippen LogP contribution is -2.42. The third kappa shape index (κ3) is 2.86. The summed E-state index contributed by atoms with van der Waals surface area (Å²) in [5, 5.41) is 13.0. The normalized spacial score (nSPS) is 13.8. The number of nitrogens with one attached hydrogen (secondary N) is 1. The first-order valence-electron chi connectivity index (χ1n) is 4.50. The van der Waals surface area contributed by atoms with Crippen LogP contribution in [-0.2, 0) is 0 Å². The minimum Gasteiger partial charge on any atom is -0.391 e. The van der Waals surface area contributed by atoms with Gasteiger partial charge in [-0.05, 0) is 32.9 Å². The molecule has 2 N–H and O–H groups in total. The fourth-order valence-electron chi connectivity index (χ4n) is 0.912. The molecular formula is C10H15ClN2O. The summed E-state index contributed by atoms with van der Waals surface area (Å²) in [6.07, 6.45) is -0.469. The second-order valence-corrected chi connectivity index (χ2v) is 4.26. The maximum Gasteiger partial charge on any atom is 0.131 e. The fourth-order valence-corrected chi connectivity index (χ4v) is 1.08. The number of nitrogens with zero attached hydrogens (tertiary/aromatic N) is 1. The second-order valence-electron chi connectivity index (χ2n) is 3.87. The molecule has 0 spiro atoms. The average Bonchev–Trinajstić information content (AvgIpc) is 2.02. The molecule has 0 radical (unpaired) electrons. The van der Waals surface area contributed by atoms with Gasteiger partial charge in [-0.25, -0.2) is 4.98 Å². The molecule has 1 aromatic rings. The van der Waals surface area contributed by atoms with Crippen molar-refractivity contribution in [3.05, 3.63) is 23.4 Å². The molecule has 0 amide bonds. The van der Waals surface area contributed by atoms with Crippen molar-refractivity contribution in [1.29, 1.82) is 0 Å². The summed E-state index contributed by atoms with van der Waals surface area (Å²) in [4.78, 5) is 4.08. The summed E-state index contributed by atoms with van der Waals surface area (Å²) in [7, 11) is 0. The smallest absolute Gasteiger partial charge is 0.131 e. The van der Waals surface area contributed by atoms with Crippen molar-refractivity contribution in [3.8, 4) is 0 Å². The molecule has 78 valence electrons. The summed E-state index contributed by atoms with van der Waals surface area (Å²) in [6, 6.07) is 5.34. The van der Waals surface area contributed by atoms with Crippen LogP contribution >= 0.6 is 11.6 Å². The van der Waals surface area contributed by atoms with Crippen LogP contribution in [0.4, 0.5) is 5.82 Å². The van der Waals surface area contributed by atoms with Crippen LogP contribution in [0.25, 0.3) is 0 Å². The first kappa shape index (κ1) is 11.3. The van der Waals surface area contributed by atoms with Crippen LogP contribution in [0.1, 0.15) is 20.8 Å². The van der Waals surface area contributed by atoms with E-state index in [1.165, 1.54) is 0 Å². The Balaban J connectivity index is 2.78. The van der Waals surface area contributed by atoms with Gasteiger partial charge in [0, 0.05) is 0 Å². The zero-order valence-electron chi connectivity index (χ0n) is 8.58. The van der Waals surface area contributed by atoms with E-state index in [1.54, 1.807) is 13.0 Å². The topological polar surface area (TPSA) is 45.1 Å². The molecule has 0 saturated heterocycles. The summed E-state index contributed by atoms with van der Waals surface area (Å²) < 4.78 is 0. The zero-order valence-corrected chi connectivity index (χ0v) is 9.34. The number of aromatic nitrogens is 1. The molecule has 0 saturated carbocycles. The molecule has 3 nitrogen and oxygen atoms in total. The molecule has 1 aromatic heterocycles. The molecule has 1 heterocycles. The van der Waals surface area contributed by atoms with E-state index in [2.05, 4.69) is 10.3 Å². The molecule has 1 rings (SSSR count). The Morgan fingerprint density at radius 3 is 2.64 bits per heavy atom. The summed E-state index contributed by atoms with van der Waals surface area (Å²) in [6.45, 7) is 5.54. The van der Waals surface area contributed by atoms with Gasteiger partial charge in [0.15, 0.2) is 0 Å². The number of anilines is 1. The van der Waals surface area contributed by atoms with Gasteiger partial charge < -0.3 is 10.4 Å². The van der Waals surface area contributed by atoms with Gasteiger partial charge in [-0.3, -0.25) is 0 Å². The van der Waals surface area contributed by atoms with Gasteiger partial charge in [0.2, 0.25) is 0 Å². The van der Waals surface area contributed by atoms with Crippen molar-refractivity contribution < 1.29 is 5.11 Å². The molecular weight excluding hydrogens is 200 g/mol. The highest BCUT2D eigenvalue weighted by molar-refractivity contribution is 6.29. The van der Waals surface area contributed by atoms with Crippen molar-refractivity contribution in [2.24, 2.45) is 0 Å². The monoisotopic (exact) mass is 214 g/mol. The Labute approximate surface area is 89.1 Å².